The van der Waals surface area contributed by atoms with E-state index in [1.165, 1.54) is 37.3 Å². The Kier molecular flexibility index (Phi) is 5.23. The van der Waals surface area contributed by atoms with E-state index in [1.807, 2.05) is 0 Å². The number of rotatable bonds is 3. The van der Waals surface area contributed by atoms with E-state index in [2.05, 4.69) is 0 Å². The smallest absolute Gasteiger partial charge is 0.238 e. The van der Waals surface area contributed by atoms with Gasteiger partial charge in [0.05, 0.1) is 6.10 Å². The van der Waals surface area contributed by atoms with E-state index >= 15 is 0 Å². The molecule has 1 aromatic heterocycles. The van der Waals surface area contributed by atoms with Gasteiger partial charge >= 0.3 is 0 Å². The topological polar surface area (TPSA) is 170 Å². The van der Waals surface area contributed by atoms with Crippen molar-refractivity contribution in [1.82, 2.24) is 0 Å². The molecule has 0 aliphatic carbocycles. The number of hydrogen-bond donors (Lipinski definition) is 6. The van der Waals surface area contributed by atoms with Gasteiger partial charge in [-0.15, -0.1) is 0 Å². The second kappa shape index (κ2) is 7.75. The maximum Gasteiger partial charge on any atom is 0.238 e. The molecule has 0 unspecified atom stereocenters. The molecule has 31 heavy (non-hydrogen) atoms. The largest absolute Gasteiger partial charge is 0.508 e. The van der Waals surface area contributed by atoms with Gasteiger partial charge in [-0.1, -0.05) is 0 Å². The summed E-state index contributed by atoms with van der Waals surface area (Å²) >= 11 is 0. The van der Waals surface area contributed by atoms with Crippen LogP contribution in [0.2, 0.25) is 0 Å². The van der Waals surface area contributed by atoms with Crippen molar-refractivity contribution in [2.24, 2.45) is 0 Å². The molecule has 1 saturated heterocycles. The maximum absolute atomic E-state index is 12.6. The predicted molar refractivity (Wildman–Crippen MR) is 106 cm³/mol. The molecule has 0 amide bonds. The van der Waals surface area contributed by atoms with Crippen molar-refractivity contribution in [2.75, 3.05) is 0 Å². The SMILES string of the molecule is C[C@H]1O[C@@H](Oc2cc(O)c3c(=O)c(O)c(-c4ccc(O)cc4)oc3c2)[C@H](O)[C@@H](O)[C@@H]1O. The Labute approximate surface area is 174 Å². The van der Waals surface area contributed by atoms with Crippen LogP contribution < -0.4 is 10.2 Å². The third-order valence-corrected chi connectivity index (χ3v) is 5.11. The summed E-state index contributed by atoms with van der Waals surface area (Å²) in [6.45, 7) is 1.49. The van der Waals surface area contributed by atoms with Crippen molar-refractivity contribution in [1.29, 1.82) is 0 Å². The molecular formula is C21H20O10. The number of hydrogen-bond acceptors (Lipinski definition) is 10. The number of phenols is 2. The highest BCUT2D eigenvalue weighted by atomic mass is 16.7. The Bertz CT molecular complexity index is 1170. The number of aliphatic hydroxyl groups excluding tert-OH is 3. The van der Waals surface area contributed by atoms with Crippen molar-refractivity contribution in [2.45, 2.75) is 37.6 Å². The second-order valence-electron chi connectivity index (χ2n) is 7.27. The van der Waals surface area contributed by atoms with Crippen molar-refractivity contribution < 1.29 is 44.5 Å². The molecule has 0 radical (unpaired) electrons. The Balaban J connectivity index is 1.76. The van der Waals surface area contributed by atoms with E-state index in [9.17, 15) is 35.4 Å². The van der Waals surface area contributed by atoms with Crippen molar-refractivity contribution in [3.05, 3.63) is 46.6 Å². The molecule has 2 heterocycles. The molecule has 1 aliphatic heterocycles. The normalized spacial score (nSPS) is 26.1. The minimum atomic E-state index is -1.58. The summed E-state index contributed by atoms with van der Waals surface area (Å²) in [5.74, 6) is -1.54. The lowest BCUT2D eigenvalue weighted by Gasteiger charge is -2.38. The molecule has 3 aromatic rings. The molecular weight excluding hydrogens is 412 g/mol. The summed E-state index contributed by atoms with van der Waals surface area (Å²) in [5, 5.41) is 59.6. The summed E-state index contributed by atoms with van der Waals surface area (Å²) < 4.78 is 16.5. The molecule has 6 N–H and O–H groups in total. The molecule has 1 aliphatic rings. The van der Waals surface area contributed by atoms with Gasteiger partial charge in [0.15, 0.2) is 5.76 Å². The highest BCUT2D eigenvalue weighted by Gasteiger charge is 2.43. The van der Waals surface area contributed by atoms with Gasteiger partial charge < -0.3 is 44.5 Å². The van der Waals surface area contributed by atoms with E-state index < -0.39 is 47.6 Å². The van der Waals surface area contributed by atoms with Gasteiger partial charge in [0.2, 0.25) is 17.5 Å². The predicted octanol–water partition coefficient (Wildman–Crippen LogP) is 0.783. The summed E-state index contributed by atoms with van der Waals surface area (Å²) in [6, 6.07) is 7.87. The lowest BCUT2D eigenvalue weighted by atomic mass is 10.00. The van der Waals surface area contributed by atoms with Gasteiger partial charge in [0.25, 0.3) is 0 Å². The fourth-order valence-electron chi connectivity index (χ4n) is 3.39. The highest BCUT2D eigenvalue weighted by Crippen LogP contribution is 2.36. The number of benzene rings is 2. The number of aliphatic hydroxyl groups is 3. The van der Waals surface area contributed by atoms with Crippen molar-refractivity contribution >= 4 is 11.0 Å². The first-order valence-electron chi connectivity index (χ1n) is 9.36. The van der Waals surface area contributed by atoms with Crippen LogP contribution in [-0.4, -0.2) is 61.3 Å². The average molecular weight is 432 g/mol. The van der Waals surface area contributed by atoms with E-state index in [4.69, 9.17) is 13.9 Å². The monoisotopic (exact) mass is 432 g/mol. The van der Waals surface area contributed by atoms with Gasteiger partial charge in [-0.05, 0) is 31.2 Å². The van der Waals surface area contributed by atoms with Crippen LogP contribution in [0.5, 0.6) is 23.0 Å². The van der Waals surface area contributed by atoms with Crippen LogP contribution in [0.15, 0.2) is 45.6 Å². The molecule has 5 atom stereocenters. The summed E-state index contributed by atoms with van der Waals surface area (Å²) in [4.78, 5) is 12.6. The zero-order valence-corrected chi connectivity index (χ0v) is 16.2. The first-order chi connectivity index (χ1) is 14.7. The Morgan fingerprint density at radius 2 is 1.61 bits per heavy atom. The van der Waals surface area contributed by atoms with Crippen LogP contribution in [0, 0.1) is 0 Å². The summed E-state index contributed by atoms with van der Waals surface area (Å²) in [7, 11) is 0. The van der Waals surface area contributed by atoms with E-state index in [1.54, 1.807) is 0 Å². The van der Waals surface area contributed by atoms with Crippen LogP contribution >= 0.6 is 0 Å². The third kappa shape index (κ3) is 3.66. The molecule has 0 bridgehead atoms. The molecule has 10 nitrogen and oxygen atoms in total. The highest BCUT2D eigenvalue weighted by molar-refractivity contribution is 5.88. The fraction of sp³-hybridized carbons (Fsp3) is 0.286. The molecule has 1 fully saturated rings. The standard InChI is InChI=1S/C21H20O10/c1-8-15(24)17(26)19(28)21(29-8)30-11-6-12(23)14-13(7-11)31-20(18(27)16(14)25)9-2-4-10(22)5-3-9/h2-8,15,17,19,21-24,26-28H,1H3/t8-,15-,17+,19-,21+/m1/s1. The summed E-state index contributed by atoms with van der Waals surface area (Å²) in [6.07, 6.45) is -6.62. The van der Waals surface area contributed by atoms with E-state index in [-0.39, 0.29) is 28.2 Å². The molecule has 10 heteroatoms. The van der Waals surface area contributed by atoms with E-state index in [0.29, 0.717) is 5.56 Å². The number of aromatic hydroxyl groups is 3. The minimum absolute atomic E-state index is 0.0210. The quantitative estimate of drug-likeness (QED) is 0.348. The number of ether oxygens (including phenoxy) is 2. The van der Waals surface area contributed by atoms with Crippen LogP contribution in [-0.2, 0) is 4.74 Å². The van der Waals surface area contributed by atoms with Crippen LogP contribution in [0.4, 0.5) is 0 Å². The van der Waals surface area contributed by atoms with Gasteiger partial charge in [-0.25, -0.2) is 0 Å². The fourth-order valence-corrected chi connectivity index (χ4v) is 3.39. The average Bonchev–Trinajstić information content (AvgIpc) is 2.73. The van der Waals surface area contributed by atoms with Crippen LogP contribution in [0.3, 0.4) is 0 Å². The Hall–Kier alpha value is -3.31. The number of phenolic OH excluding ortho intramolecular Hbond substituents is 2. The van der Waals surface area contributed by atoms with Crippen molar-refractivity contribution in [3.8, 4) is 34.3 Å². The molecule has 164 valence electrons. The van der Waals surface area contributed by atoms with Gasteiger partial charge in [-0.2, -0.15) is 0 Å². The third-order valence-electron chi connectivity index (χ3n) is 5.11. The molecule has 0 spiro atoms. The van der Waals surface area contributed by atoms with Gasteiger partial charge in [-0.3, -0.25) is 4.79 Å². The Morgan fingerprint density at radius 1 is 0.935 bits per heavy atom. The molecule has 4 rings (SSSR count). The molecule has 2 aromatic carbocycles. The Morgan fingerprint density at radius 3 is 2.29 bits per heavy atom. The lowest BCUT2D eigenvalue weighted by molar-refractivity contribution is -0.268. The van der Waals surface area contributed by atoms with Crippen molar-refractivity contribution in [3.63, 3.8) is 0 Å². The second-order valence-corrected chi connectivity index (χ2v) is 7.27. The number of fused-ring (bicyclic) bond motifs is 1. The maximum atomic E-state index is 12.6. The summed E-state index contributed by atoms with van der Waals surface area (Å²) in [5.41, 5.74) is -0.702. The molecule has 0 saturated carbocycles. The lowest BCUT2D eigenvalue weighted by Crippen LogP contribution is -2.58. The first-order valence-corrected chi connectivity index (χ1v) is 9.36. The zero-order chi connectivity index (χ0) is 22.4. The zero-order valence-electron chi connectivity index (χ0n) is 16.2. The van der Waals surface area contributed by atoms with Gasteiger partial charge in [0.1, 0.15) is 46.5 Å². The minimum Gasteiger partial charge on any atom is -0.508 e. The van der Waals surface area contributed by atoms with Crippen LogP contribution in [0.1, 0.15) is 6.92 Å². The van der Waals surface area contributed by atoms with Crippen LogP contribution in [0.25, 0.3) is 22.3 Å². The first kappa shape index (κ1) is 20.9. The van der Waals surface area contributed by atoms with Gasteiger partial charge in [0, 0.05) is 17.7 Å². The van der Waals surface area contributed by atoms with E-state index in [0.717, 1.165) is 6.07 Å².